The van der Waals surface area contributed by atoms with Crippen LogP contribution in [0.15, 0.2) is 12.1 Å². The predicted molar refractivity (Wildman–Crippen MR) is 64.8 cm³/mol. The summed E-state index contributed by atoms with van der Waals surface area (Å²) in [6.07, 6.45) is -6.76. The van der Waals surface area contributed by atoms with E-state index in [-0.39, 0.29) is 22.8 Å². The number of aliphatic hydroxyl groups is 1. The molecule has 0 unspecified atom stereocenters. The van der Waals surface area contributed by atoms with E-state index in [2.05, 4.69) is 0 Å². The van der Waals surface area contributed by atoms with E-state index >= 15 is 0 Å². The van der Waals surface area contributed by atoms with Gasteiger partial charge in [0.25, 0.3) is 0 Å². The zero-order chi connectivity index (χ0) is 15.5. The maximum atomic E-state index is 12.4. The SMILES string of the molecule is COc1cc([C@@H](O)C[C@@H](N)C(F)(F)F)cc(OC)c1O. The Labute approximate surface area is 113 Å². The molecule has 0 amide bonds. The predicted octanol–water partition coefficient (Wildman–Crippen LogP) is 1.72. The van der Waals surface area contributed by atoms with Gasteiger partial charge in [0.1, 0.15) is 6.04 Å². The molecular formula is C12H16F3NO4. The van der Waals surface area contributed by atoms with Crippen LogP contribution in [0.2, 0.25) is 0 Å². The Morgan fingerprint density at radius 2 is 1.65 bits per heavy atom. The van der Waals surface area contributed by atoms with Crippen molar-refractivity contribution in [2.75, 3.05) is 14.2 Å². The van der Waals surface area contributed by atoms with Gasteiger partial charge in [0.15, 0.2) is 11.5 Å². The number of aromatic hydroxyl groups is 1. The van der Waals surface area contributed by atoms with Gasteiger partial charge in [0.05, 0.1) is 20.3 Å². The summed E-state index contributed by atoms with van der Waals surface area (Å²) in [7, 11) is 2.54. The standard InChI is InChI=1S/C12H16F3NO4/c1-19-8-3-6(4-9(20-2)11(8)18)7(17)5-10(16)12(13,14)15/h3-4,7,10,17-18H,5,16H2,1-2H3/t7-,10+/m0/s1. The third kappa shape index (κ3) is 3.67. The number of methoxy groups -OCH3 is 2. The van der Waals surface area contributed by atoms with Crippen LogP contribution < -0.4 is 15.2 Å². The maximum Gasteiger partial charge on any atom is 0.403 e. The van der Waals surface area contributed by atoms with Crippen molar-refractivity contribution in [3.05, 3.63) is 17.7 Å². The van der Waals surface area contributed by atoms with E-state index in [0.717, 1.165) is 0 Å². The van der Waals surface area contributed by atoms with Crippen molar-refractivity contribution in [3.8, 4) is 17.2 Å². The van der Waals surface area contributed by atoms with Crippen molar-refractivity contribution in [2.24, 2.45) is 5.73 Å². The van der Waals surface area contributed by atoms with E-state index in [0.29, 0.717) is 0 Å². The van der Waals surface area contributed by atoms with Gasteiger partial charge in [0, 0.05) is 6.42 Å². The third-order valence-corrected chi connectivity index (χ3v) is 2.78. The molecule has 0 fully saturated rings. The number of ether oxygens (including phenoxy) is 2. The van der Waals surface area contributed by atoms with Gasteiger partial charge in [-0.1, -0.05) is 0 Å². The normalized spacial score (nSPS) is 14.8. The first kappa shape index (κ1) is 16.4. The summed E-state index contributed by atoms with van der Waals surface area (Å²) in [6.45, 7) is 0. The highest BCUT2D eigenvalue weighted by Crippen LogP contribution is 2.39. The molecule has 114 valence electrons. The quantitative estimate of drug-likeness (QED) is 0.770. The van der Waals surface area contributed by atoms with Crippen LogP contribution in [0.4, 0.5) is 13.2 Å². The maximum absolute atomic E-state index is 12.4. The largest absolute Gasteiger partial charge is 0.502 e. The van der Waals surface area contributed by atoms with Crippen LogP contribution in [-0.4, -0.2) is 36.7 Å². The molecule has 0 bridgehead atoms. The average molecular weight is 295 g/mol. The molecular weight excluding hydrogens is 279 g/mol. The Morgan fingerprint density at radius 1 is 1.20 bits per heavy atom. The Hall–Kier alpha value is -1.67. The second kappa shape index (κ2) is 6.19. The lowest BCUT2D eigenvalue weighted by atomic mass is 10.0. The number of hydrogen-bond acceptors (Lipinski definition) is 5. The fourth-order valence-corrected chi connectivity index (χ4v) is 1.62. The van der Waals surface area contributed by atoms with Crippen molar-refractivity contribution >= 4 is 0 Å². The first-order valence-electron chi connectivity index (χ1n) is 5.66. The third-order valence-electron chi connectivity index (χ3n) is 2.78. The first-order valence-corrected chi connectivity index (χ1v) is 5.66. The number of phenols is 1. The Kier molecular flexibility index (Phi) is 5.07. The minimum Gasteiger partial charge on any atom is -0.502 e. The van der Waals surface area contributed by atoms with Crippen LogP contribution in [0.25, 0.3) is 0 Å². The number of halogens is 3. The number of aliphatic hydroxyl groups excluding tert-OH is 1. The Bertz CT molecular complexity index is 440. The molecule has 2 atom stereocenters. The van der Waals surface area contributed by atoms with E-state index in [1.54, 1.807) is 0 Å². The van der Waals surface area contributed by atoms with Gasteiger partial charge >= 0.3 is 6.18 Å². The van der Waals surface area contributed by atoms with Crippen molar-refractivity contribution in [1.29, 1.82) is 0 Å². The first-order chi connectivity index (χ1) is 9.20. The summed E-state index contributed by atoms with van der Waals surface area (Å²) in [5.41, 5.74) is 5.07. The highest BCUT2D eigenvalue weighted by atomic mass is 19.4. The number of nitrogens with two attached hydrogens (primary N) is 1. The topological polar surface area (TPSA) is 84.9 Å². The van der Waals surface area contributed by atoms with Crippen LogP contribution in [0.3, 0.4) is 0 Å². The molecule has 0 heterocycles. The second-order valence-electron chi connectivity index (χ2n) is 4.17. The van der Waals surface area contributed by atoms with E-state index in [1.165, 1.54) is 26.4 Å². The molecule has 20 heavy (non-hydrogen) atoms. The lowest BCUT2D eigenvalue weighted by Crippen LogP contribution is -2.38. The number of hydrogen-bond donors (Lipinski definition) is 3. The monoisotopic (exact) mass is 295 g/mol. The van der Waals surface area contributed by atoms with Gasteiger partial charge in [-0.3, -0.25) is 0 Å². The lowest BCUT2D eigenvalue weighted by molar-refractivity contribution is -0.153. The molecule has 8 heteroatoms. The zero-order valence-electron chi connectivity index (χ0n) is 10.9. The summed E-state index contributed by atoms with van der Waals surface area (Å²) in [5.74, 6) is -0.330. The fraction of sp³-hybridized carbons (Fsp3) is 0.500. The highest BCUT2D eigenvalue weighted by molar-refractivity contribution is 5.53. The van der Waals surface area contributed by atoms with Crippen LogP contribution in [0, 0.1) is 0 Å². The number of phenolic OH excluding ortho intramolecular Hbond substituents is 1. The van der Waals surface area contributed by atoms with Gasteiger partial charge in [-0.25, -0.2) is 0 Å². The van der Waals surface area contributed by atoms with Crippen molar-refractivity contribution in [2.45, 2.75) is 24.7 Å². The van der Waals surface area contributed by atoms with Gasteiger partial charge < -0.3 is 25.4 Å². The molecule has 0 aliphatic carbocycles. The van der Waals surface area contributed by atoms with Crippen LogP contribution in [-0.2, 0) is 0 Å². The Balaban J connectivity index is 3.01. The minimum atomic E-state index is -4.59. The summed E-state index contributed by atoms with van der Waals surface area (Å²) in [5, 5.41) is 19.5. The summed E-state index contributed by atoms with van der Waals surface area (Å²) in [6, 6.07) is 0.306. The van der Waals surface area contributed by atoms with Crippen LogP contribution in [0.5, 0.6) is 17.2 Å². The second-order valence-corrected chi connectivity index (χ2v) is 4.17. The smallest absolute Gasteiger partial charge is 0.403 e. The lowest BCUT2D eigenvalue weighted by Gasteiger charge is -2.20. The molecule has 1 rings (SSSR count). The zero-order valence-corrected chi connectivity index (χ0v) is 10.9. The van der Waals surface area contributed by atoms with Crippen molar-refractivity contribution < 1.29 is 32.9 Å². The number of benzene rings is 1. The molecule has 0 saturated heterocycles. The minimum absolute atomic E-state index is 0.0148. The van der Waals surface area contributed by atoms with Crippen molar-refractivity contribution in [1.82, 2.24) is 0 Å². The summed E-state index contributed by atoms with van der Waals surface area (Å²) in [4.78, 5) is 0. The molecule has 4 N–H and O–H groups in total. The molecule has 1 aromatic rings. The molecule has 5 nitrogen and oxygen atoms in total. The Morgan fingerprint density at radius 3 is 2.00 bits per heavy atom. The summed E-state index contributed by atoms with van der Waals surface area (Å²) >= 11 is 0. The van der Waals surface area contributed by atoms with Gasteiger partial charge in [-0.05, 0) is 17.7 Å². The van der Waals surface area contributed by atoms with Gasteiger partial charge in [0.2, 0.25) is 5.75 Å². The highest BCUT2D eigenvalue weighted by Gasteiger charge is 2.38. The average Bonchev–Trinajstić information content (AvgIpc) is 2.37. The van der Waals surface area contributed by atoms with Gasteiger partial charge in [-0.2, -0.15) is 13.2 Å². The van der Waals surface area contributed by atoms with Gasteiger partial charge in [-0.15, -0.1) is 0 Å². The molecule has 1 aromatic carbocycles. The van der Waals surface area contributed by atoms with Crippen LogP contribution in [0.1, 0.15) is 18.1 Å². The molecule has 0 saturated carbocycles. The van der Waals surface area contributed by atoms with Crippen molar-refractivity contribution in [3.63, 3.8) is 0 Å². The summed E-state index contributed by atoms with van der Waals surface area (Å²) < 4.78 is 46.8. The molecule has 0 aliphatic heterocycles. The number of rotatable bonds is 5. The molecule has 0 aliphatic rings. The number of alkyl halides is 3. The fourth-order valence-electron chi connectivity index (χ4n) is 1.62. The molecule has 0 aromatic heterocycles. The van der Waals surface area contributed by atoms with E-state index in [9.17, 15) is 23.4 Å². The van der Waals surface area contributed by atoms with E-state index in [1.807, 2.05) is 0 Å². The van der Waals surface area contributed by atoms with E-state index in [4.69, 9.17) is 15.2 Å². The molecule has 0 spiro atoms. The van der Waals surface area contributed by atoms with Crippen LogP contribution >= 0.6 is 0 Å². The molecule has 0 radical (unpaired) electrons. The van der Waals surface area contributed by atoms with E-state index < -0.39 is 24.7 Å².